The molecule has 102 valence electrons. The van der Waals surface area contributed by atoms with Crippen molar-refractivity contribution in [3.8, 4) is 0 Å². The highest BCUT2D eigenvalue weighted by Gasteiger charge is 2.24. The van der Waals surface area contributed by atoms with Crippen molar-refractivity contribution in [1.29, 1.82) is 0 Å². The fraction of sp³-hybridized carbons (Fsp3) is 0.417. The Bertz CT molecular complexity index is 623. The van der Waals surface area contributed by atoms with Gasteiger partial charge >= 0.3 is 0 Å². The van der Waals surface area contributed by atoms with E-state index >= 15 is 0 Å². The lowest BCUT2D eigenvalue weighted by Crippen LogP contribution is -2.43. The monoisotopic (exact) mass is 326 g/mol. The number of H-pyrrole nitrogens is 1. The molecule has 0 amide bonds. The second-order valence-electron chi connectivity index (χ2n) is 5.02. The van der Waals surface area contributed by atoms with E-state index in [1.807, 2.05) is 11.9 Å². The molecular weight excluding hydrogens is 312 g/mol. The van der Waals surface area contributed by atoms with Gasteiger partial charge in [-0.1, -0.05) is 15.9 Å². The number of imidazole rings is 1. The Balaban J connectivity index is 2.44. The lowest BCUT2D eigenvalue weighted by molar-refractivity contribution is -0.384. The van der Waals surface area contributed by atoms with Gasteiger partial charge in [-0.2, -0.15) is 0 Å². The van der Waals surface area contributed by atoms with E-state index in [-0.39, 0.29) is 11.2 Å². The van der Waals surface area contributed by atoms with Gasteiger partial charge in [0.2, 0.25) is 5.95 Å². The van der Waals surface area contributed by atoms with Crippen LogP contribution in [0.1, 0.15) is 13.8 Å². The van der Waals surface area contributed by atoms with Crippen molar-refractivity contribution in [2.45, 2.75) is 19.4 Å². The van der Waals surface area contributed by atoms with Gasteiger partial charge in [0.1, 0.15) is 0 Å². The molecule has 0 aliphatic rings. The molecular formula is C12H15BrN4O2. The summed E-state index contributed by atoms with van der Waals surface area (Å²) >= 11 is 3.47. The maximum absolute atomic E-state index is 10.7. The fourth-order valence-electron chi connectivity index (χ4n) is 1.63. The Morgan fingerprint density at radius 1 is 1.53 bits per heavy atom. The number of halogens is 1. The zero-order valence-electron chi connectivity index (χ0n) is 11.0. The third kappa shape index (κ3) is 2.56. The number of nitro benzene ring substituents is 1. The normalized spacial score (nSPS) is 11.8. The minimum absolute atomic E-state index is 0.0603. The van der Waals surface area contributed by atoms with E-state index in [9.17, 15) is 10.1 Å². The summed E-state index contributed by atoms with van der Waals surface area (Å²) in [7, 11) is 1.94. The molecule has 0 bridgehead atoms. The number of fused-ring (bicyclic) bond motifs is 1. The Labute approximate surface area is 119 Å². The maximum atomic E-state index is 10.7. The number of non-ortho nitro benzene ring substituents is 1. The fourth-order valence-corrected chi connectivity index (χ4v) is 2.01. The third-order valence-electron chi connectivity index (χ3n) is 3.22. The summed E-state index contributed by atoms with van der Waals surface area (Å²) in [4.78, 5) is 19.9. The predicted octanol–water partition coefficient (Wildman–Crippen LogP) is 3.08. The number of benzene rings is 1. The Morgan fingerprint density at radius 3 is 2.79 bits per heavy atom. The highest BCUT2D eigenvalue weighted by molar-refractivity contribution is 9.09. The van der Waals surface area contributed by atoms with Gasteiger partial charge in [-0.25, -0.2) is 4.98 Å². The number of rotatable bonds is 4. The molecule has 0 saturated heterocycles. The Hall–Kier alpha value is -1.63. The lowest BCUT2D eigenvalue weighted by Gasteiger charge is -2.33. The largest absolute Gasteiger partial charge is 0.340 e. The smallest absolute Gasteiger partial charge is 0.271 e. The van der Waals surface area contributed by atoms with E-state index < -0.39 is 4.92 Å². The van der Waals surface area contributed by atoms with Crippen molar-refractivity contribution in [2.75, 3.05) is 17.3 Å². The number of nitrogens with one attached hydrogen (secondary N) is 1. The number of aromatic amines is 1. The molecule has 0 aliphatic heterocycles. The van der Waals surface area contributed by atoms with Gasteiger partial charge in [0.15, 0.2) is 0 Å². The zero-order chi connectivity index (χ0) is 14.2. The van der Waals surface area contributed by atoms with Gasteiger partial charge < -0.3 is 9.88 Å². The van der Waals surface area contributed by atoms with Crippen LogP contribution in [-0.2, 0) is 0 Å². The van der Waals surface area contributed by atoms with Crippen LogP contribution in [0.3, 0.4) is 0 Å². The van der Waals surface area contributed by atoms with Crippen LogP contribution in [0.4, 0.5) is 11.6 Å². The molecule has 0 unspecified atom stereocenters. The van der Waals surface area contributed by atoms with E-state index in [4.69, 9.17) is 0 Å². The molecule has 2 aromatic rings. The number of anilines is 1. The standard InChI is InChI=1S/C12H15BrN4O2/c1-12(2,7-13)16(3)11-14-9-5-4-8(17(18)19)6-10(9)15-11/h4-6H,7H2,1-3H3,(H,14,15). The molecule has 0 radical (unpaired) electrons. The summed E-state index contributed by atoms with van der Waals surface area (Å²) in [6.45, 7) is 4.16. The van der Waals surface area contributed by atoms with E-state index in [1.54, 1.807) is 6.07 Å². The van der Waals surface area contributed by atoms with Crippen LogP contribution in [0.5, 0.6) is 0 Å². The molecule has 0 atom stereocenters. The van der Waals surface area contributed by atoms with Crippen molar-refractivity contribution in [3.63, 3.8) is 0 Å². The zero-order valence-corrected chi connectivity index (χ0v) is 12.6. The van der Waals surface area contributed by atoms with Crippen LogP contribution in [-0.4, -0.2) is 32.8 Å². The van der Waals surface area contributed by atoms with Gasteiger partial charge in [0.25, 0.3) is 5.69 Å². The first-order valence-corrected chi connectivity index (χ1v) is 6.91. The van der Waals surface area contributed by atoms with Crippen LogP contribution < -0.4 is 4.90 Å². The second-order valence-corrected chi connectivity index (χ2v) is 5.58. The van der Waals surface area contributed by atoms with Gasteiger partial charge in [-0.05, 0) is 19.9 Å². The summed E-state index contributed by atoms with van der Waals surface area (Å²) in [6.07, 6.45) is 0. The van der Waals surface area contributed by atoms with E-state index in [0.717, 1.165) is 10.8 Å². The number of alkyl halides is 1. The average Bonchev–Trinajstić information content (AvgIpc) is 2.80. The van der Waals surface area contributed by atoms with Crippen LogP contribution in [0.25, 0.3) is 11.0 Å². The number of hydrogen-bond donors (Lipinski definition) is 1. The van der Waals surface area contributed by atoms with Gasteiger partial charge in [0.05, 0.1) is 16.0 Å². The molecule has 0 aliphatic carbocycles. The molecule has 1 aromatic heterocycles. The minimum Gasteiger partial charge on any atom is -0.340 e. The van der Waals surface area contributed by atoms with Crippen molar-refractivity contribution in [1.82, 2.24) is 9.97 Å². The predicted molar refractivity (Wildman–Crippen MR) is 79.0 cm³/mol. The van der Waals surface area contributed by atoms with Crippen molar-refractivity contribution in [3.05, 3.63) is 28.3 Å². The number of hydrogen-bond acceptors (Lipinski definition) is 4. The SMILES string of the molecule is CN(c1nc2ccc([N+](=O)[O-])cc2[nH]1)C(C)(C)CBr. The molecule has 0 saturated carbocycles. The van der Waals surface area contributed by atoms with Crippen molar-refractivity contribution >= 4 is 38.6 Å². The van der Waals surface area contributed by atoms with Crippen LogP contribution in [0.15, 0.2) is 18.2 Å². The molecule has 0 fully saturated rings. The number of nitrogens with zero attached hydrogens (tertiary/aromatic N) is 3. The first-order chi connectivity index (χ1) is 8.85. The third-order valence-corrected chi connectivity index (χ3v) is 4.59. The minimum atomic E-state index is -0.411. The first-order valence-electron chi connectivity index (χ1n) is 5.79. The number of aromatic nitrogens is 2. The van der Waals surface area contributed by atoms with Gasteiger partial charge in [-0.15, -0.1) is 0 Å². The molecule has 7 heteroatoms. The van der Waals surface area contributed by atoms with E-state index in [1.165, 1.54) is 12.1 Å². The Morgan fingerprint density at radius 2 is 2.21 bits per heavy atom. The molecule has 1 N–H and O–H groups in total. The van der Waals surface area contributed by atoms with Crippen molar-refractivity contribution in [2.24, 2.45) is 0 Å². The molecule has 1 aromatic carbocycles. The van der Waals surface area contributed by atoms with Gasteiger partial charge in [0, 0.05) is 30.0 Å². The Kier molecular flexibility index (Phi) is 3.49. The second kappa shape index (κ2) is 4.80. The lowest BCUT2D eigenvalue weighted by atomic mass is 10.1. The molecule has 2 rings (SSSR count). The number of nitro groups is 1. The van der Waals surface area contributed by atoms with Crippen molar-refractivity contribution < 1.29 is 4.92 Å². The molecule has 1 heterocycles. The van der Waals surface area contributed by atoms with Crippen LogP contribution >= 0.6 is 15.9 Å². The maximum Gasteiger partial charge on any atom is 0.271 e. The van der Waals surface area contributed by atoms with Gasteiger partial charge in [-0.3, -0.25) is 10.1 Å². The topological polar surface area (TPSA) is 75.1 Å². The average molecular weight is 327 g/mol. The summed E-state index contributed by atoms with van der Waals surface area (Å²) in [6, 6.07) is 4.62. The quantitative estimate of drug-likeness (QED) is 0.532. The van der Waals surface area contributed by atoms with Crippen LogP contribution in [0, 0.1) is 10.1 Å². The summed E-state index contributed by atoms with van der Waals surface area (Å²) in [5.41, 5.74) is 1.34. The molecule has 0 spiro atoms. The summed E-state index contributed by atoms with van der Waals surface area (Å²) in [5, 5.41) is 11.5. The van der Waals surface area contributed by atoms with E-state index in [2.05, 4.69) is 39.7 Å². The van der Waals surface area contributed by atoms with E-state index in [0.29, 0.717) is 11.5 Å². The summed E-state index contributed by atoms with van der Waals surface area (Å²) < 4.78 is 0. The highest BCUT2D eigenvalue weighted by Crippen LogP contribution is 2.25. The van der Waals surface area contributed by atoms with Crippen LogP contribution in [0.2, 0.25) is 0 Å². The summed E-state index contributed by atoms with van der Waals surface area (Å²) in [5.74, 6) is 0.694. The highest BCUT2D eigenvalue weighted by atomic mass is 79.9. The molecule has 6 nitrogen and oxygen atoms in total. The molecule has 19 heavy (non-hydrogen) atoms. The first kappa shape index (κ1) is 13.8.